The Morgan fingerprint density at radius 3 is 2.48 bits per heavy atom. The molecule has 4 rings (SSSR count). The number of urea groups is 1. The van der Waals surface area contributed by atoms with Gasteiger partial charge in [0.25, 0.3) is 5.91 Å². The van der Waals surface area contributed by atoms with Gasteiger partial charge < -0.3 is 14.7 Å². The highest BCUT2D eigenvalue weighted by Crippen LogP contribution is 2.50. The predicted molar refractivity (Wildman–Crippen MR) is 72.6 cm³/mol. The standard InChI is InChI=1S/C13H16F2N6O2/c1-18-6-12(13(14,15)10(18)22)7-20(8-12)11(23)19-4-9(5-19)21-3-2-16-17-21/h2-3,9H,4-8H2,1H3. The Hall–Kier alpha value is -2.26. The molecule has 0 unspecified atom stereocenters. The Bertz CT molecular complexity index is 651. The third-order valence-corrected chi connectivity index (χ3v) is 5.03. The summed E-state index contributed by atoms with van der Waals surface area (Å²) in [6, 6.07) is -0.179. The van der Waals surface area contributed by atoms with Gasteiger partial charge in [0.15, 0.2) is 0 Å². The Morgan fingerprint density at radius 2 is 1.96 bits per heavy atom. The van der Waals surface area contributed by atoms with Crippen LogP contribution in [0.2, 0.25) is 0 Å². The van der Waals surface area contributed by atoms with Crippen LogP contribution in [0.5, 0.6) is 0 Å². The Labute approximate surface area is 130 Å². The first-order valence-electron chi connectivity index (χ1n) is 7.37. The quantitative estimate of drug-likeness (QED) is 0.708. The number of likely N-dealkylation sites (tertiary alicyclic amines) is 3. The lowest BCUT2D eigenvalue weighted by Gasteiger charge is -2.52. The van der Waals surface area contributed by atoms with Crippen molar-refractivity contribution in [3.63, 3.8) is 0 Å². The fraction of sp³-hybridized carbons (Fsp3) is 0.692. The van der Waals surface area contributed by atoms with Gasteiger partial charge in [0.1, 0.15) is 0 Å². The number of hydrogen-bond acceptors (Lipinski definition) is 4. The van der Waals surface area contributed by atoms with Crippen molar-refractivity contribution in [3.05, 3.63) is 12.4 Å². The molecule has 0 aliphatic carbocycles. The molecule has 0 N–H and O–H groups in total. The van der Waals surface area contributed by atoms with E-state index in [2.05, 4.69) is 10.3 Å². The van der Waals surface area contributed by atoms with Crippen molar-refractivity contribution in [2.24, 2.45) is 5.41 Å². The molecule has 0 aromatic carbocycles. The monoisotopic (exact) mass is 326 g/mol. The average Bonchev–Trinajstić information content (AvgIpc) is 2.97. The smallest absolute Gasteiger partial charge is 0.335 e. The summed E-state index contributed by atoms with van der Waals surface area (Å²) >= 11 is 0. The summed E-state index contributed by atoms with van der Waals surface area (Å²) < 4.78 is 29.9. The van der Waals surface area contributed by atoms with Crippen LogP contribution in [0.3, 0.4) is 0 Å². The van der Waals surface area contributed by atoms with Gasteiger partial charge in [-0.25, -0.2) is 9.48 Å². The van der Waals surface area contributed by atoms with Crippen LogP contribution in [0.1, 0.15) is 6.04 Å². The van der Waals surface area contributed by atoms with E-state index in [-0.39, 0.29) is 31.7 Å². The molecule has 3 saturated heterocycles. The summed E-state index contributed by atoms with van der Waals surface area (Å²) in [6.07, 6.45) is 3.30. The topological polar surface area (TPSA) is 74.6 Å². The van der Waals surface area contributed by atoms with Gasteiger partial charge in [-0.1, -0.05) is 5.21 Å². The van der Waals surface area contributed by atoms with E-state index in [1.165, 1.54) is 11.9 Å². The van der Waals surface area contributed by atoms with Crippen LogP contribution < -0.4 is 0 Å². The summed E-state index contributed by atoms with van der Waals surface area (Å²) in [4.78, 5) is 27.9. The molecule has 0 saturated carbocycles. The molecule has 0 radical (unpaired) electrons. The zero-order valence-corrected chi connectivity index (χ0v) is 12.5. The number of nitrogens with zero attached hydrogens (tertiary/aromatic N) is 6. The van der Waals surface area contributed by atoms with E-state index in [1.807, 2.05) is 0 Å². The van der Waals surface area contributed by atoms with E-state index in [4.69, 9.17) is 0 Å². The molecule has 3 aliphatic heterocycles. The minimum Gasteiger partial charge on any atom is -0.340 e. The zero-order valence-electron chi connectivity index (χ0n) is 12.5. The van der Waals surface area contributed by atoms with Crippen molar-refractivity contribution in [1.29, 1.82) is 0 Å². The largest absolute Gasteiger partial charge is 0.340 e. The zero-order chi connectivity index (χ0) is 16.4. The van der Waals surface area contributed by atoms with Gasteiger partial charge in [0, 0.05) is 46.0 Å². The van der Waals surface area contributed by atoms with E-state index in [0.29, 0.717) is 13.1 Å². The maximum Gasteiger partial charge on any atom is 0.335 e. The number of halogens is 2. The van der Waals surface area contributed by atoms with Crippen molar-refractivity contribution >= 4 is 11.9 Å². The van der Waals surface area contributed by atoms with Crippen LogP contribution in [0.15, 0.2) is 12.4 Å². The number of aromatic nitrogens is 3. The maximum atomic E-state index is 14.1. The summed E-state index contributed by atoms with van der Waals surface area (Å²) in [5, 5.41) is 7.59. The van der Waals surface area contributed by atoms with E-state index in [9.17, 15) is 18.4 Å². The second kappa shape index (κ2) is 4.39. The van der Waals surface area contributed by atoms with E-state index in [1.54, 1.807) is 22.0 Å². The van der Waals surface area contributed by atoms with Gasteiger partial charge in [-0.05, 0) is 0 Å². The molecule has 3 aliphatic rings. The summed E-state index contributed by atoms with van der Waals surface area (Å²) in [5.74, 6) is -4.55. The minimum absolute atomic E-state index is 0.00973. The van der Waals surface area contributed by atoms with Crippen molar-refractivity contribution in [3.8, 4) is 0 Å². The van der Waals surface area contributed by atoms with Crippen LogP contribution >= 0.6 is 0 Å². The molecule has 4 heterocycles. The summed E-state index contributed by atoms with van der Waals surface area (Å²) in [6.45, 7) is 0.796. The molecule has 1 spiro atoms. The fourth-order valence-corrected chi connectivity index (χ4v) is 3.60. The lowest BCUT2D eigenvalue weighted by atomic mass is 9.76. The third kappa shape index (κ3) is 1.80. The molecule has 1 aromatic heterocycles. The number of carbonyl (C=O) groups excluding carboxylic acids is 2. The molecule has 0 bridgehead atoms. The second-order valence-corrected chi connectivity index (χ2v) is 6.60. The Balaban J connectivity index is 1.36. The highest BCUT2D eigenvalue weighted by molar-refractivity contribution is 5.88. The average molecular weight is 326 g/mol. The normalized spacial score (nSPS) is 25.7. The lowest BCUT2D eigenvalue weighted by Crippen LogP contribution is -2.69. The van der Waals surface area contributed by atoms with Crippen molar-refractivity contribution in [2.75, 3.05) is 39.8 Å². The van der Waals surface area contributed by atoms with Gasteiger partial charge in [0.2, 0.25) is 0 Å². The SMILES string of the molecule is CN1CC2(CN(C(=O)N3CC(n4ccnn4)C3)C2)C(F)(F)C1=O. The highest BCUT2D eigenvalue weighted by atomic mass is 19.3. The van der Waals surface area contributed by atoms with Crippen molar-refractivity contribution in [2.45, 2.75) is 12.0 Å². The molecule has 1 aromatic rings. The van der Waals surface area contributed by atoms with Crippen molar-refractivity contribution in [1.82, 2.24) is 29.7 Å². The van der Waals surface area contributed by atoms with Crippen LogP contribution in [-0.2, 0) is 4.79 Å². The van der Waals surface area contributed by atoms with Crippen LogP contribution in [0.25, 0.3) is 0 Å². The molecule has 124 valence electrons. The maximum absolute atomic E-state index is 14.1. The van der Waals surface area contributed by atoms with Gasteiger partial charge in [0.05, 0.1) is 17.7 Å². The molecule has 0 atom stereocenters. The number of hydrogen-bond donors (Lipinski definition) is 0. The van der Waals surface area contributed by atoms with Crippen LogP contribution in [0, 0.1) is 5.41 Å². The minimum atomic E-state index is -3.39. The third-order valence-electron chi connectivity index (χ3n) is 5.03. The lowest BCUT2D eigenvalue weighted by molar-refractivity contribution is -0.173. The summed E-state index contributed by atoms with van der Waals surface area (Å²) in [7, 11) is 1.37. The van der Waals surface area contributed by atoms with Gasteiger partial charge in [-0.2, -0.15) is 8.78 Å². The molecule has 3 amide bonds. The Morgan fingerprint density at radius 1 is 1.26 bits per heavy atom. The first-order chi connectivity index (χ1) is 10.8. The molecule has 8 nitrogen and oxygen atoms in total. The fourth-order valence-electron chi connectivity index (χ4n) is 3.60. The summed E-state index contributed by atoms with van der Waals surface area (Å²) in [5.41, 5.74) is -1.43. The number of rotatable bonds is 1. The van der Waals surface area contributed by atoms with Crippen molar-refractivity contribution < 1.29 is 18.4 Å². The first-order valence-corrected chi connectivity index (χ1v) is 7.37. The molecular formula is C13H16F2N6O2. The van der Waals surface area contributed by atoms with Crippen LogP contribution in [-0.4, -0.2) is 87.3 Å². The van der Waals surface area contributed by atoms with Gasteiger partial charge in [-0.15, -0.1) is 5.10 Å². The Kier molecular flexibility index (Phi) is 2.74. The predicted octanol–water partition coefficient (Wildman–Crippen LogP) is -0.336. The molecular weight excluding hydrogens is 310 g/mol. The highest BCUT2D eigenvalue weighted by Gasteiger charge is 2.71. The van der Waals surface area contributed by atoms with E-state index < -0.39 is 17.2 Å². The molecule has 23 heavy (non-hydrogen) atoms. The first kappa shape index (κ1) is 14.3. The number of alkyl halides is 2. The number of amides is 3. The van der Waals surface area contributed by atoms with E-state index in [0.717, 1.165) is 4.90 Å². The molecule has 3 fully saturated rings. The van der Waals surface area contributed by atoms with Crippen LogP contribution in [0.4, 0.5) is 13.6 Å². The van der Waals surface area contributed by atoms with E-state index >= 15 is 0 Å². The van der Waals surface area contributed by atoms with Gasteiger partial charge in [-0.3, -0.25) is 4.79 Å². The second-order valence-electron chi connectivity index (χ2n) is 6.60. The van der Waals surface area contributed by atoms with Gasteiger partial charge >= 0.3 is 12.0 Å². The molecule has 10 heteroatoms. The number of carbonyl (C=O) groups is 2.